The summed E-state index contributed by atoms with van der Waals surface area (Å²) in [5.41, 5.74) is 4.67. The van der Waals surface area contributed by atoms with E-state index in [9.17, 15) is 0 Å². The lowest BCUT2D eigenvalue weighted by atomic mass is 10.0. The van der Waals surface area contributed by atoms with Gasteiger partial charge in [-0.05, 0) is 30.5 Å². The van der Waals surface area contributed by atoms with E-state index in [1.165, 1.54) is 29.4 Å². The molecule has 0 spiro atoms. The Balaban J connectivity index is 1.72. The van der Waals surface area contributed by atoms with Gasteiger partial charge in [0.05, 0.1) is 11.2 Å². The van der Waals surface area contributed by atoms with Crippen molar-refractivity contribution in [2.75, 3.05) is 0 Å². The number of aromatic nitrogens is 1. The Labute approximate surface area is 124 Å². The summed E-state index contributed by atoms with van der Waals surface area (Å²) in [6.07, 6.45) is 2.63. The molecule has 4 rings (SSSR count). The minimum Gasteiger partial charge on any atom is -0.310 e. The number of fused-ring (bicyclic) bond motifs is 1. The van der Waals surface area contributed by atoms with Crippen molar-refractivity contribution in [1.82, 2.24) is 10.3 Å². The smallest absolute Gasteiger partial charge is 0.0712 e. The third kappa shape index (κ3) is 2.67. The van der Waals surface area contributed by atoms with Gasteiger partial charge in [-0.3, -0.25) is 0 Å². The molecule has 1 heterocycles. The van der Waals surface area contributed by atoms with Crippen LogP contribution in [0.5, 0.6) is 0 Å². The molecule has 0 bridgehead atoms. The van der Waals surface area contributed by atoms with Gasteiger partial charge in [0.15, 0.2) is 0 Å². The second kappa shape index (κ2) is 5.30. The van der Waals surface area contributed by atoms with Gasteiger partial charge in [-0.15, -0.1) is 0 Å². The molecule has 0 unspecified atom stereocenters. The van der Waals surface area contributed by atoms with Crippen LogP contribution in [0.1, 0.15) is 18.4 Å². The zero-order chi connectivity index (χ0) is 14.1. The van der Waals surface area contributed by atoms with Crippen LogP contribution in [-0.4, -0.2) is 11.0 Å². The molecule has 2 aromatic carbocycles. The molecule has 21 heavy (non-hydrogen) atoms. The van der Waals surface area contributed by atoms with Crippen molar-refractivity contribution in [3.8, 4) is 11.3 Å². The third-order valence-electron chi connectivity index (χ3n) is 4.05. The van der Waals surface area contributed by atoms with Crippen molar-refractivity contribution in [3.63, 3.8) is 0 Å². The Morgan fingerprint density at radius 2 is 1.71 bits per heavy atom. The summed E-state index contributed by atoms with van der Waals surface area (Å²) in [5, 5.41) is 4.78. The van der Waals surface area contributed by atoms with E-state index in [1.807, 2.05) is 6.07 Å². The minimum atomic E-state index is 0.725. The van der Waals surface area contributed by atoms with E-state index in [2.05, 4.69) is 59.9 Å². The van der Waals surface area contributed by atoms with Gasteiger partial charge in [0.2, 0.25) is 0 Å². The zero-order valence-corrected chi connectivity index (χ0v) is 11.9. The maximum atomic E-state index is 4.82. The zero-order valence-electron chi connectivity index (χ0n) is 11.9. The fourth-order valence-corrected chi connectivity index (χ4v) is 2.68. The molecule has 3 aromatic rings. The molecule has 0 saturated heterocycles. The Morgan fingerprint density at radius 1 is 0.905 bits per heavy atom. The Bertz CT molecular complexity index is 775. The number of pyridine rings is 1. The summed E-state index contributed by atoms with van der Waals surface area (Å²) >= 11 is 0. The maximum Gasteiger partial charge on any atom is 0.0712 e. The van der Waals surface area contributed by atoms with Crippen LogP contribution in [0.3, 0.4) is 0 Å². The van der Waals surface area contributed by atoms with Gasteiger partial charge in [-0.1, -0.05) is 48.5 Å². The van der Waals surface area contributed by atoms with Crippen LogP contribution in [0.25, 0.3) is 22.2 Å². The molecule has 1 fully saturated rings. The summed E-state index contributed by atoms with van der Waals surface area (Å²) in [6, 6.07) is 21.8. The quantitative estimate of drug-likeness (QED) is 0.773. The second-order valence-electron chi connectivity index (χ2n) is 5.70. The van der Waals surface area contributed by atoms with Crippen molar-refractivity contribution >= 4 is 10.9 Å². The van der Waals surface area contributed by atoms with Crippen LogP contribution < -0.4 is 5.32 Å². The van der Waals surface area contributed by atoms with Gasteiger partial charge >= 0.3 is 0 Å². The molecule has 2 heteroatoms. The molecule has 1 N–H and O–H groups in total. The van der Waals surface area contributed by atoms with Crippen LogP contribution >= 0.6 is 0 Å². The lowest BCUT2D eigenvalue weighted by molar-refractivity contribution is 0.688. The lowest BCUT2D eigenvalue weighted by Crippen LogP contribution is -2.15. The third-order valence-corrected chi connectivity index (χ3v) is 4.05. The average Bonchev–Trinajstić information content (AvgIpc) is 3.37. The fourth-order valence-electron chi connectivity index (χ4n) is 2.68. The standard InChI is InChI=1S/C19H18N2/c1-3-7-17(15(6-1)13-20-16-10-11-16)19-12-9-14-5-2-4-8-18(14)21-19/h1-9,12,16,20H,10-11,13H2. The molecule has 2 nitrogen and oxygen atoms in total. The monoisotopic (exact) mass is 274 g/mol. The molecule has 104 valence electrons. The van der Waals surface area contributed by atoms with Crippen LogP contribution in [0.2, 0.25) is 0 Å². The van der Waals surface area contributed by atoms with Gasteiger partial charge in [-0.25, -0.2) is 4.98 Å². The van der Waals surface area contributed by atoms with E-state index >= 15 is 0 Å². The first-order valence-electron chi connectivity index (χ1n) is 7.57. The first kappa shape index (κ1) is 12.5. The van der Waals surface area contributed by atoms with E-state index in [0.29, 0.717) is 0 Å². The maximum absolute atomic E-state index is 4.82. The fraction of sp³-hybridized carbons (Fsp3) is 0.211. The van der Waals surface area contributed by atoms with Gasteiger partial charge in [0.1, 0.15) is 0 Å². The molecule has 1 aliphatic carbocycles. The number of benzene rings is 2. The van der Waals surface area contributed by atoms with Gasteiger partial charge < -0.3 is 5.32 Å². The number of hydrogen-bond acceptors (Lipinski definition) is 2. The predicted molar refractivity (Wildman–Crippen MR) is 87.0 cm³/mol. The van der Waals surface area contributed by atoms with Crippen molar-refractivity contribution < 1.29 is 0 Å². The molecular weight excluding hydrogens is 256 g/mol. The first-order chi connectivity index (χ1) is 10.4. The van der Waals surface area contributed by atoms with E-state index in [4.69, 9.17) is 4.98 Å². The van der Waals surface area contributed by atoms with E-state index in [-0.39, 0.29) is 0 Å². The summed E-state index contributed by atoms with van der Waals surface area (Å²) in [7, 11) is 0. The molecule has 0 radical (unpaired) electrons. The van der Waals surface area contributed by atoms with Crippen LogP contribution in [-0.2, 0) is 6.54 Å². The highest BCUT2D eigenvalue weighted by Gasteiger charge is 2.20. The van der Waals surface area contributed by atoms with Gasteiger partial charge in [0.25, 0.3) is 0 Å². The highest BCUT2D eigenvalue weighted by molar-refractivity contribution is 5.81. The number of nitrogens with one attached hydrogen (secondary N) is 1. The van der Waals surface area contributed by atoms with Gasteiger partial charge in [-0.2, -0.15) is 0 Å². The molecular formula is C19H18N2. The molecule has 0 amide bonds. The molecule has 0 atom stereocenters. The number of para-hydroxylation sites is 1. The van der Waals surface area contributed by atoms with Gasteiger partial charge in [0, 0.05) is 23.5 Å². The number of nitrogens with zero attached hydrogens (tertiary/aromatic N) is 1. The molecule has 1 saturated carbocycles. The highest BCUT2D eigenvalue weighted by Crippen LogP contribution is 2.26. The topological polar surface area (TPSA) is 24.9 Å². The Morgan fingerprint density at radius 3 is 2.62 bits per heavy atom. The Hall–Kier alpha value is -2.19. The largest absolute Gasteiger partial charge is 0.310 e. The minimum absolute atomic E-state index is 0.725. The van der Waals surface area contributed by atoms with E-state index < -0.39 is 0 Å². The van der Waals surface area contributed by atoms with Crippen LogP contribution in [0, 0.1) is 0 Å². The van der Waals surface area contributed by atoms with Crippen molar-refractivity contribution in [1.29, 1.82) is 0 Å². The Kier molecular flexibility index (Phi) is 3.17. The highest BCUT2D eigenvalue weighted by atomic mass is 14.9. The van der Waals surface area contributed by atoms with Crippen molar-refractivity contribution in [2.45, 2.75) is 25.4 Å². The van der Waals surface area contributed by atoms with Crippen LogP contribution in [0.15, 0.2) is 60.7 Å². The molecule has 1 aromatic heterocycles. The van der Waals surface area contributed by atoms with E-state index in [1.54, 1.807) is 0 Å². The molecule has 0 aliphatic heterocycles. The summed E-state index contributed by atoms with van der Waals surface area (Å²) in [4.78, 5) is 4.82. The summed E-state index contributed by atoms with van der Waals surface area (Å²) < 4.78 is 0. The van der Waals surface area contributed by atoms with E-state index in [0.717, 1.165) is 23.8 Å². The first-order valence-corrected chi connectivity index (χ1v) is 7.57. The molecule has 1 aliphatic rings. The van der Waals surface area contributed by atoms with Crippen molar-refractivity contribution in [3.05, 3.63) is 66.2 Å². The lowest BCUT2D eigenvalue weighted by Gasteiger charge is -2.10. The SMILES string of the molecule is c1ccc(-c2ccc3ccccc3n2)c(CNC2CC2)c1. The van der Waals surface area contributed by atoms with Crippen molar-refractivity contribution in [2.24, 2.45) is 0 Å². The van der Waals surface area contributed by atoms with Crippen LogP contribution in [0.4, 0.5) is 0 Å². The average molecular weight is 274 g/mol. The number of rotatable bonds is 4. The second-order valence-corrected chi connectivity index (χ2v) is 5.70. The summed E-state index contributed by atoms with van der Waals surface area (Å²) in [6.45, 7) is 0.926. The normalized spacial score (nSPS) is 14.5. The summed E-state index contributed by atoms with van der Waals surface area (Å²) in [5.74, 6) is 0. The number of hydrogen-bond donors (Lipinski definition) is 1. The predicted octanol–water partition coefficient (Wildman–Crippen LogP) is 4.15.